The summed E-state index contributed by atoms with van der Waals surface area (Å²) >= 11 is 0. The molecule has 0 fully saturated rings. The summed E-state index contributed by atoms with van der Waals surface area (Å²) in [7, 11) is 1.33. The van der Waals surface area contributed by atoms with E-state index in [2.05, 4.69) is 32.4 Å². The first-order chi connectivity index (χ1) is 10.8. The number of methoxy groups -OCH3 is 1. The zero-order valence-electron chi connectivity index (χ0n) is 12.0. The normalized spacial score (nSPS) is 10.4. The van der Waals surface area contributed by atoms with Gasteiger partial charge >= 0.3 is 5.97 Å². The molecule has 0 atom stereocenters. The van der Waals surface area contributed by atoms with E-state index in [1.807, 2.05) is 42.5 Å². The lowest BCUT2D eigenvalue weighted by Gasteiger charge is -2.05. The lowest BCUT2D eigenvalue weighted by Crippen LogP contribution is -2.14. The van der Waals surface area contributed by atoms with Crippen LogP contribution in [-0.2, 0) is 16.1 Å². The molecule has 2 aromatic carbocycles. The molecule has 0 aliphatic heterocycles. The van der Waals surface area contributed by atoms with Gasteiger partial charge in [0, 0.05) is 5.56 Å². The van der Waals surface area contributed by atoms with Gasteiger partial charge in [-0.05, 0) is 21.6 Å². The van der Waals surface area contributed by atoms with Gasteiger partial charge in [-0.3, -0.25) is 4.79 Å². The zero-order chi connectivity index (χ0) is 15.4. The van der Waals surface area contributed by atoms with Gasteiger partial charge < -0.3 is 4.74 Å². The molecule has 1 heterocycles. The van der Waals surface area contributed by atoms with Crippen molar-refractivity contribution in [2.45, 2.75) is 6.54 Å². The van der Waals surface area contributed by atoms with Crippen LogP contribution in [0.25, 0.3) is 22.5 Å². The standard InChI is InChI=1S/C16H14N4O2/c1-22-15(21)11-20-16(17-18-19-20)14-9-7-13(8-10-14)12-5-3-2-4-6-12/h2-10H,11H2,1H3. The molecule has 0 bridgehead atoms. The molecule has 0 saturated heterocycles. The number of esters is 1. The van der Waals surface area contributed by atoms with Crippen molar-refractivity contribution in [1.82, 2.24) is 20.2 Å². The Morgan fingerprint density at radius 1 is 1.00 bits per heavy atom. The number of hydrogen-bond acceptors (Lipinski definition) is 5. The molecule has 22 heavy (non-hydrogen) atoms. The first-order valence-corrected chi connectivity index (χ1v) is 6.77. The van der Waals surface area contributed by atoms with Gasteiger partial charge in [0.25, 0.3) is 0 Å². The Labute approximate surface area is 127 Å². The first-order valence-electron chi connectivity index (χ1n) is 6.77. The maximum absolute atomic E-state index is 11.4. The van der Waals surface area contributed by atoms with E-state index in [0.717, 1.165) is 16.7 Å². The van der Waals surface area contributed by atoms with Crippen molar-refractivity contribution >= 4 is 5.97 Å². The topological polar surface area (TPSA) is 69.9 Å². The Morgan fingerprint density at radius 3 is 2.32 bits per heavy atom. The predicted molar refractivity (Wildman–Crippen MR) is 80.7 cm³/mol. The zero-order valence-corrected chi connectivity index (χ0v) is 12.0. The number of ether oxygens (including phenoxy) is 1. The smallest absolute Gasteiger partial charge is 0.327 e. The second-order valence-electron chi connectivity index (χ2n) is 4.68. The third kappa shape index (κ3) is 2.85. The average molecular weight is 294 g/mol. The van der Waals surface area contributed by atoms with Gasteiger partial charge in [-0.25, -0.2) is 4.68 Å². The molecule has 3 rings (SSSR count). The van der Waals surface area contributed by atoms with Gasteiger partial charge in [0.05, 0.1) is 7.11 Å². The van der Waals surface area contributed by atoms with Crippen LogP contribution in [0, 0.1) is 0 Å². The van der Waals surface area contributed by atoms with Crippen LogP contribution >= 0.6 is 0 Å². The molecule has 0 N–H and O–H groups in total. The lowest BCUT2D eigenvalue weighted by molar-refractivity contribution is -0.141. The molecule has 1 aromatic heterocycles. The van der Waals surface area contributed by atoms with Crippen LogP contribution in [0.5, 0.6) is 0 Å². The van der Waals surface area contributed by atoms with E-state index in [9.17, 15) is 4.79 Å². The molecule has 110 valence electrons. The van der Waals surface area contributed by atoms with E-state index in [1.54, 1.807) is 0 Å². The number of rotatable bonds is 4. The van der Waals surface area contributed by atoms with Crippen LogP contribution in [0.4, 0.5) is 0 Å². The molecule has 6 heteroatoms. The summed E-state index contributed by atoms with van der Waals surface area (Å²) in [6, 6.07) is 18.0. The quantitative estimate of drug-likeness (QED) is 0.690. The van der Waals surface area contributed by atoms with Crippen molar-refractivity contribution in [2.24, 2.45) is 0 Å². The van der Waals surface area contributed by atoms with Crippen LogP contribution in [0.2, 0.25) is 0 Å². The Hall–Kier alpha value is -3.02. The van der Waals surface area contributed by atoms with Gasteiger partial charge in [-0.15, -0.1) is 5.10 Å². The molecule has 0 amide bonds. The summed E-state index contributed by atoms with van der Waals surface area (Å²) in [5, 5.41) is 11.4. The SMILES string of the molecule is COC(=O)Cn1nnnc1-c1ccc(-c2ccccc2)cc1. The van der Waals surface area contributed by atoms with Crippen molar-refractivity contribution < 1.29 is 9.53 Å². The van der Waals surface area contributed by atoms with E-state index < -0.39 is 5.97 Å². The number of benzene rings is 2. The molecule has 6 nitrogen and oxygen atoms in total. The summed E-state index contributed by atoms with van der Waals surface area (Å²) in [6.45, 7) is -0.0146. The fraction of sp³-hybridized carbons (Fsp3) is 0.125. The number of carbonyl (C=O) groups excluding carboxylic acids is 1. The Kier molecular flexibility index (Phi) is 3.91. The summed E-state index contributed by atoms with van der Waals surface area (Å²) < 4.78 is 6.06. The molecule has 0 unspecified atom stereocenters. The molecule has 0 aliphatic rings. The molecule has 3 aromatic rings. The number of nitrogens with zero attached hydrogens (tertiary/aromatic N) is 4. The van der Waals surface area contributed by atoms with E-state index in [-0.39, 0.29) is 6.54 Å². The second kappa shape index (κ2) is 6.17. The molecular formula is C16H14N4O2. The Bertz CT molecular complexity index is 766. The minimum absolute atomic E-state index is 0.0146. The van der Waals surface area contributed by atoms with Crippen LogP contribution in [-0.4, -0.2) is 33.3 Å². The molecule has 0 saturated carbocycles. The number of hydrogen-bond donors (Lipinski definition) is 0. The van der Waals surface area contributed by atoms with E-state index in [4.69, 9.17) is 0 Å². The number of tetrazole rings is 1. The van der Waals surface area contributed by atoms with Crippen LogP contribution in [0.1, 0.15) is 0 Å². The van der Waals surface area contributed by atoms with Gasteiger partial charge in [-0.1, -0.05) is 54.6 Å². The van der Waals surface area contributed by atoms with Crippen molar-refractivity contribution in [2.75, 3.05) is 7.11 Å². The largest absolute Gasteiger partial charge is 0.468 e. The highest BCUT2D eigenvalue weighted by molar-refractivity contribution is 5.71. The average Bonchev–Trinajstić information content (AvgIpc) is 3.04. The third-order valence-corrected chi connectivity index (χ3v) is 3.29. The highest BCUT2D eigenvalue weighted by atomic mass is 16.5. The van der Waals surface area contributed by atoms with Gasteiger partial charge in [-0.2, -0.15) is 0 Å². The molecule has 0 spiro atoms. The van der Waals surface area contributed by atoms with Crippen LogP contribution < -0.4 is 0 Å². The monoisotopic (exact) mass is 294 g/mol. The van der Waals surface area contributed by atoms with Crippen molar-refractivity contribution in [1.29, 1.82) is 0 Å². The lowest BCUT2D eigenvalue weighted by atomic mass is 10.0. The van der Waals surface area contributed by atoms with Crippen molar-refractivity contribution in [3.63, 3.8) is 0 Å². The van der Waals surface area contributed by atoms with Crippen LogP contribution in [0.15, 0.2) is 54.6 Å². The van der Waals surface area contributed by atoms with E-state index in [1.165, 1.54) is 11.8 Å². The van der Waals surface area contributed by atoms with Crippen molar-refractivity contribution in [3.05, 3.63) is 54.6 Å². The summed E-state index contributed by atoms with van der Waals surface area (Å²) in [4.78, 5) is 11.4. The van der Waals surface area contributed by atoms with E-state index >= 15 is 0 Å². The number of aromatic nitrogens is 4. The maximum atomic E-state index is 11.4. The maximum Gasteiger partial charge on any atom is 0.327 e. The van der Waals surface area contributed by atoms with Crippen LogP contribution in [0.3, 0.4) is 0 Å². The fourth-order valence-electron chi connectivity index (χ4n) is 2.15. The summed E-state index contributed by atoms with van der Waals surface area (Å²) in [6.07, 6.45) is 0. The van der Waals surface area contributed by atoms with Gasteiger partial charge in [0.2, 0.25) is 0 Å². The van der Waals surface area contributed by atoms with E-state index in [0.29, 0.717) is 5.82 Å². The first kappa shape index (κ1) is 13.9. The third-order valence-electron chi connectivity index (χ3n) is 3.29. The highest BCUT2D eigenvalue weighted by Crippen LogP contribution is 2.23. The number of carbonyl (C=O) groups is 1. The minimum Gasteiger partial charge on any atom is -0.468 e. The minimum atomic E-state index is -0.394. The Balaban J connectivity index is 1.88. The highest BCUT2D eigenvalue weighted by Gasteiger charge is 2.12. The summed E-state index contributed by atoms with van der Waals surface area (Å²) in [5.74, 6) is 0.138. The Morgan fingerprint density at radius 2 is 1.64 bits per heavy atom. The summed E-state index contributed by atoms with van der Waals surface area (Å²) in [5.41, 5.74) is 3.09. The van der Waals surface area contributed by atoms with Crippen molar-refractivity contribution in [3.8, 4) is 22.5 Å². The molecule has 0 radical (unpaired) electrons. The van der Waals surface area contributed by atoms with Gasteiger partial charge in [0.1, 0.15) is 6.54 Å². The predicted octanol–water partition coefficient (Wildman–Crippen LogP) is 2.18. The second-order valence-corrected chi connectivity index (χ2v) is 4.68. The van der Waals surface area contributed by atoms with Gasteiger partial charge in [0.15, 0.2) is 5.82 Å². The molecular weight excluding hydrogens is 280 g/mol. The molecule has 0 aliphatic carbocycles. The fourth-order valence-corrected chi connectivity index (χ4v) is 2.15.